The zero-order valence-electron chi connectivity index (χ0n) is 18.8. The number of ether oxygens (including phenoxy) is 2. The Morgan fingerprint density at radius 3 is 2.09 bits per heavy atom. The zero-order valence-corrected chi connectivity index (χ0v) is 18.8. The number of aliphatic carboxylic acids is 1. The standard InChI is InChI=1S/C24H25F3N2O6/c1-34-20(22(31)32)10-11-28-21(30)19(24(25,26)27)12-29-23(33)35-13-18-16-8-4-2-6-14(16)15-7-3-5-9-17(15)18/h2-9,18-20H,10-13H2,1H3,(H,28,30)(H,29,33)(H,31,32). The minimum absolute atomic E-state index is 0.0870. The first-order chi connectivity index (χ1) is 16.6. The van der Waals surface area contributed by atoms with Crippen LogP contribution < -0.4 is 10.6 Å². The summed E-state index contributed by atoms with van der Waals surface area (Å²) in [5.41, 5.74) is 3.91. The molecule has 1 aliphatic carbocycles. The minimum atomic E-state index is -4.94. The van der Waals surface area contributed by atoms with Gasteiger partial charge in [-0.1, -0.05) is 48.5 Å². The molecule has 0 fully saturated rings. The van der Waals surface area contributed by atoms with Gasteiger partial charge in [-0.3, -0.25) is 4.79 Å². The quantitative estimate of drug-likeness (QED) is 0.467. The molecule has 0 saturated heterocycles. The summed E-state index contributed by atoms with van der Waals surface area (Å²) in [4.78, 5) is 35.1. The van der Waals surface area contributed by atoms with E-state index in [9.17, 15) is 27.6 Å². The normalized spacial score (nSPS) is 14.4. The molecule has 1 aliphatic rings. The van der Waals surface area contributed by atoms with Gasteiger partial charge in [-0.05, 0) is 22.3 Å². The summed E-state index contributed by atoms with van der Waals surface area (Å²) < 4.78 is 50.0. The molecule has 8 nitrogen and oxygen atoms in total. The molecule has 2 aromatic carbocycles. The molecule has 0 radical (unpaired) electrons. The first-order valence-corrected chi connectivity index (χ1v) is 10.8. The van der Waals surface area contributed by atoms with Crippen molar-refractivity contribution in [3.8, 4) is 11.1 Å². The molecule has 11 heteroatoms. The van der Waals surface area contributed by atoms with Gasteiger partial charge in [0.25, 0.3) is 0 Å². The molecule has 0 spiro atoms. The van der Waals surface area contributed by atoms with Gasteiger partial charge >= 0.3 is 18.2 Å². The van der Waals surface area contributed by atoms with E-state index in [1.165, 1.54) is 0 Å². The van der Waals surface area contributed by atoms with Gasteiger partial charge in [0.2, 0.25) is 5.91 Å². The molecular weight excluding hydrogens is 469 g/mol. The van der Waals surface area contributed by atoms with E-state index < -0.39 is 42.7 Å². The molecule has 0 bridgehead atoms. The number of alkyl halides is 3. The average Bonchev–Trinajstić information content (AvgIpc) is 3.13. The molecule has 188 valence electrons. The van der Waals surface area contributed by atoms with E-state index in [2.05, 4.69) is 4.74 Å². The Morgan fingerprint density at radius 2 is 1.57 bits per heavy atom. The third-order valence-corrected chi connectivity index (χ3v) is 5.77. The van der Waals surface area contributed by atoms with Gasteiger partial charge in [-0.15, -0.1) is 0 Å². The second-order valence-corrected chi connectivity index (χ2v) is 7.94. The van der Waals surface area contributed by atoms with E-state index in [-0.39, 0.29) is 25.5 Å². The van der Waals surface area contributed by atoms with Gasteiger partial charge in [0, 0.05) is 32.5 Å². The average molecular weight is 494 g/mol. The largest absolute Gasteiger partial charge is 0.479 e. The third-order valence-electron chi connectivity index (χ3n) is 5.77. The molecule has 35 heavy (non-hydrogen) atoms. The van der Waals surface area contributed by atoms with Crippen LogP contribution in [0.2, 0.25) is 0 Å². The van der Waals surface area contributed by atoms with Gasteiger partial charge in [-0.25, -0.2) is 9.59 Å². The van der Waals surface area contributed by atoms with Crippen molar-refractivity contribution in [3.05, 3.63) is 59.7 Å². The highest BCUT2D eigenvalue weighted by molar-refractivity contribution is 5.81. The Morgan fingerprint density at radius 1 is 1.00 bits per heavy atom. The van der Waals surface area contributed by atoms with E-state index in [0.717, 1.165) is 29.4 Å². The number of benzene rings is 2. The number of carboxylic acid groups (broad SMARTS) is 1. The van der Waals surface area contributed by atoms with Crippen LogP contribution in [0.1, 0.15) is 23.5 Å². The van der Waals surface area contributed by atoms with E-state index in [1.54, 1.807) is 0 Å². The number of alkyl carbamates (subject to hydrolysis) is 1. The van der Waals surface area contributed by atoms with Crippen molar-refractivity contribution in [1.82, 2.24) is 10.6 Å². The van der Waals surface area contributed by atoms with Gasteiger partial charge in [-0.2, -0.15) is 13.2 Å². The SMILES string of the molecule is COC(CCNC(=O)C(CNC(=O)OCC1c2ccccc2-c2ccccc21)C(F)(F)F)C(=O)O. The van der Waals surface area contributed by atoms with Crippen molar-refractivity contribution in [3.63, 3.8) is 0 Å². The molecule has 0 saturated carbocycles. The highest BCUT2D eigenvalue weighted by Crippen LogP contribution is 2.44. The molecule has 2 atom stereocenters. The van der Waals surface area contributed by atoms with Crippen molar-refractivity contribution >= 4 is 18.0 Å². The molecule has 0 aromatic heterocycles. The number of hydrogen-bond donors (Lipinski definition) is 3. The van der Waals surface area contributed by atoms with E-state index in [4.69, 9.17) is 9.84 Å². The summed E-state index contributed by atoms with van der Waals surface area (Å²) in [6.07, 6.45) is -7.51. The Hall–Kier alpha value is -3.60. The van der Waals surface area contributed by atoms with Crippen LogP contribution in [0.3, 0.4) is 0 Å². The number of hydrogen-bond acceptors (Lipinski definition) is 5. The molecule has 0 heterocycles. The molecule has 2 aromatic rings. The zero-order chi connectivity index (χ0) is 25.6. The molecule has 3 N–H and O–H groups in total. The van der Waals surface area contributed by atoms with E-state index >= 15 is 0 Å². The number of halogens is 3. The molecule has 2 unspecified atom stereocenters. The maximum Gasteiger partial charge on any atom is 0.407 e. The summed E-state index contributed by atoms with van der Waals surface area (Å²) in [5, 5.41) is 12.9. The number of carbonyl (C=O) groups excluding carboxylic acids is 2. The maximum absolute atomic E-state index is 13.4. The molecule has 2 amide bonds. The smallest absolute Gasteiger partial charge is 0.407 e. The van der Waals surface area contributed by atoms with Crippen LogP contribution >= 0.6 is 0 Å². The molecule has 3 rings (SSSR count). The first-order valence-electron chi connectivity index (χ1n) is 10.8. The van der Waals surface area contributed by atoms with Crippen LogP contribution in [-0.4, -0.2) is 62.2 Å². The molecule has 0 aliphatic heterocycles. The lowest BCUT2D eigenvalue weighted by Gasteiger charge is -2.21. The summed E-state index contributed by atoms with van der Waals surface area (Å²) in [7, 11) is 1.14. The molecular formula is C24H25F3N2O6. The van der Waals surface area contributed by atoms with Gasteiger partial charge in [0.05, 0.1) is 0 Å². The first kappa shape index (κ1) is 26.0. The van der Waals surface area contributed by atoms with Crippen LogP contribution in [0.25, 0.3) is 11.1 Å². The summed E-state index contributed by atoms with van der Waals surface area (Å²) >= 11 is 0. The van der Waals surface area contributed by atoms with Crippen LogP contribution in [-0.2, 0) is 19.1 Å². The Labute approximate surface area is 199 Å². The lowest BCUT2D eigenvalue weighted by Crippen LogP contribution is -2.47. The van der Waals surface area contributed by atoms with Crippen LogP contribution in [0.4, 0.5) is 18.0 Å². The fraction of sp³-hybridized carbons (Fsp3) is 0.375. The summed E-state index contributed by atoms with van der Waals surface area (Å²) in [6.45, 7) is -1.46. The number of nitrogens with one attached hydrogen (secondary N) is 2. The topological polar surface area (TPSA) is 114 Å². The minimum Gasteiger partial charge on any atom is -0.479 e. The monoisotopic (exact) mass is 494 g/mol. The van der Waals surface area contributed by atoms with Crippen molar-refractivity contribution in [2.24, 2.45) is 5.92 Å². The van der Waals surface area contributed by atoms with Crippen molar-refractivity contribution in [1.29, 1.82) is 0 Å². The summed E-state index contributed by atoms with van der Waals surface area (Å²) in [6, 6.07) is 15.2. The fourth-order valence-electron chi connectivity index (χ4n) is 3.98. The number of rotatable bonds is 10. The van der Waals surface area contributed by atoms with Crippen LogP contribution in [0.15, 0.2) is 48.5 Å². The van der Waals surface area contributed by atoms with Gasteiger partial charge in [0.15, 0.2) is 12.0 Å². The lowest BCUT2D eigenvalue weighted by molar-refractivity contribution is -0.181. The second-order valence-electron chi connectivity index (χ2n) is 7.94. The maximum atomic E-state index is 13.4. The number of methoxy groups -OCH3 is 1. The van der Waals surface area contributed by atoms with Crippen molar-refractivity contribution < 1.29 is 42.1 Å². The number of fused-ring (bicyclic) bond motifs is 3. The number of carboxylic acids is 1. The summed E-state index contributed by atoms with van der Waals surface area (Å²) in [5.74, 6) is -5.49. The Balaban J connectivity index is 1.55. The Bertz CT molecular complexity index is 1030. The highest BCUT2D eigenvalue weighted by Gasteiger charge is 2.45. The number of carbonyl (C=O) groups is 3. The predicted molar refractivity (Wildman–Crippen MR) is 119 cm³/mol. The lowest BCUT2D eigenvalue weighted by atomic mass is 9.98. The highest BCUT2D eigenvalue weighted by atomic mass is 19.4. The Kier molecular flexibility index (Phi) is 8.34. The predicted octanol–water partition coefficient (Wildman–Crippen LogP) is 3.31. The van der Waals surface area contributed by atoms with E-state index in [0.29, 0.717) is 0 Å². The van der Waals surface area contributed by atoms with Gasteiger partial charge < -0.3 is 25.2 Å². The second kappa shape index (κ2) is 11.2. The number of amides is 2. The van der Waals surface area contributed by atoms with Crippen LogP contribution in [0.5, 0.6) is 0 Å². The third kappa shape index (κ3) is 6.30. The van der Waals surface area contributed by atoms with Gasteiger partial charge in [0.1, 0.15) is 6.61 Å². The van der Waals surface area contributed by atoms with E-state index in [1.807, 2.05) is 59.2 Å². The fourth-order valence-corrected chi connectivity index (χ4v) is 3.98. The van der Waals surface area contributed by atoms with Crippen LogP contribution in [0, 0.1) is 5.92 Å². The van der Waals surface area contributed by atoms with Crippen molar-refractivity contribution in [2.45, 2.75) is 24.6 Å². The van der Waals surface area contributed by atoms with Crippen molar-refractivity contribution in [2.75, 3.05) is 26.8 Å².